The molecule has 2 N–H and O–H groups in total. The van der Waals surface area contributed by atoms with Gasteiger partial charge < -0.3 is 10.6 Å². The highest BCUT2D eigenvalue weighted by Crippen LogP contribution is 2.17. The molecule has 0 aromatic rings. The van der Waals surface area contributed by atoms with E-state index in [-0.39, 0.29) is 0 Å². The van der Waals surface area contributed by atoms with Crippen molar-refractivity contribution in [3.8, 4) is 0 Å². The zero-order valence-corrected chi connectivity index (χ0v) is 8.40. The monoisotopic (exact) mass is 170 g/mol. The molecule has 1 fully saturated rings. The van der Waals surface area contributed by atoms with Crippen molar-refractivity contribution in [3.05, 3.63) is 0 Å². The standard InChI is InChI=1S/C10H22N2/c1-3-12-9(2)10-5-4-7-11-8-6-10/h9-12H,3-8H2,1-2H3. The molecule has 0 amide bonds. The number of hydrogen-bond acceptors (Lipinski definition) is 2. The third-order valence-electron chi connectivity index (χ3n) is 2.85. The van der Waals surface area contributed by atoms with E-state index in [0.717, 1.165) is 12.5 Å². The van der Waals surface area contributed by atoms with Gasteiger partial charge in [-0.25, -0.2) is 0 Å². The molecule has 0 aromatic carbocycles. The van der Waals surface area contributed by atoms with E-state index >= 15 is 0 Å². The Labute approximate surface area is 76.1 Å². The number of rotatable bonds is 3. The van der Waals surface area contributed by atoms with Crippen molar-refractivity contribution in [3.63, 3.8) is 0 Å². The maximum absolute atomic E-state index is 3.52. The smallest absolute Gasteiger partial charge is 0.00673 e. The summed E-state index contributed by atoms with van der Waals surface area (Å²) in [5.41, 5.74) is 0. The van der Waals surface area contributed by atoms with Crippen LogP contribution in [0.15, 0.2) is 0 Å². The first-order valence-electron chi connectivity index (χ1n) is 5.28. The first-order valence-corrected chi connectivity index (χ1v) is 5.28. The summed E-state index contributed by atoms with van der Waals surface area (Å²) >= 11 is 0. The van der Waals surface area contributed by atoms with E-state index in [1.54, 1.807) is 0 Å². The lowest BCUT2D eigenvalue weighted by Gasteiger charge is -2.22. The molecule has 1 aliphatic rings. The third-order valence-corrected chi connectivity index (χ3v) is 2.85. The summed E-state index contributed by atoms with van der Waals surface area (Å²) in [4.78, 5) is 0. The molecular formula is C10H22N2. The Balaban J connectivity index is 2.27. The fraction of sp³-hybridized carbons (Fsp3) is 1.00. The van der Waals surface area contributed by atoms with Crippen molar-refractivity contribution in [1.82, 2.24) is 10.6 Å². The third kappa shape index (κ3) is 3.11. The van der Waals surface area contributed by atoms with Crippen LogP contribution in [0.2, 0.25) is 0 Å². The van der Waals surface area contributed by atoms with Crippen molar-refractivity contribution in [2.75, 3.05) is 19.6 Å². The highest BCUT2D eigenvalue weighted by Gasteiger charge is 2.17. The maximum atomic E-state index is 3.52. The van der Waals surface area contributed by atoms with Crippen molar-refractivity contribution in [1.29, 1.82) is 0 Å². The Kier molecular flexibility index (Phi) is 4.62. The molecule has 2 atom stereocenters. The molecule has 72 valence electrons. The average Bonchev–Trinajstić information content (AvgIpc) is 2.32. The van der Waals surface area contributed by atoms with E-state index in [0.29, 0.717) is 6.04 Å². The minimum Gasteiger partial charge on any atom is -0.317 e. The fourth-order valence-corrected chi connectivity index (χ4v) is 2.03. The lowest BCUT2D eigenvalue weighted by molar-refractivity contribution is 0.350. The molecule has 0 spiro atoms. The van der Waals surface area contributed by atoms with Crippen molar-refractivity contribution in [2.45, 2.75) is 39.2 Å². The van der Waals surface area contributed by atoms with Gasteiger partial charge in [-0.15, -0.1) is 0 Å². The minimum absolute atomic E-state index is 0.704. The van der Waals surface area contributed by atoms with Gasteiger partial charge in [-0.2, -0.15) is 0 Å². The molecule has 0 saturated carbocycles. The van der Waals surface area contributed by atoms with Crippen LogP contribution in [0.4, 0.5) is 0 Å². The second kappa shape index (κ2) is 5.55. The van der Waals surface area contributed by atoms with Crippen LogP contribution in [0.1, 0.15) is 33.1 Å². The zero-order chi connectivity index (χ0) is 8.81. The van der Waals surface area contributed by atoms with Crippen molar-refractivity contribution in [2.24, 2.45) is 5.92 Å². The Morgan fingerprint density at radius 2 is 2.25 bits per heavy atom. The van der Waals surface area contributed by atoms with E-state index in [9.17, 15) is 0 Å². The molecule has 2 nitrogen and oxygen atoms in total. The first kappa shape index (κ1) is 10.0. The molecular weight excluding hydrogens is 148 g/mol. The second-order valence-electron chi connectivity index (χ2n) is 3.79. The predicted octanol–water partition coefficient (Wildman–Crippen LogP) is 1.37. The predicted molar refractivity (Wildman–Crippen MR) is 53.3 cm³/mol. The molecule has 0 radical (unpaired) electrons. The summed E-state index contributed by atoms with van der Waals surface area (Å²) in [6, 6.07) is 0.704. The highest BCUT2D eigenvalue weighted by atomic mass is 14.9. The van der Waals surface area contributed by atoms with Gasteiger partial charge in [0.25, 0.3) is 0 Å². The first-order chi connectivity index (χ1) is 5.84. The number of nitrogens with one attached hydrogen (secondary N) is 2. The Morgan fingerprint density at radius 3 is 3.00 bits per heavy atom. The summed E-state index contributed by atoms with van der Waals surface area (Å²) < 4.78 is 0. The van der Waals surface area contributed by atoms with E-state index < -0.39 is 0 Å². The molecule has 1 rings (SSSR count). The normalized spacial score (nSPS) is 28.0. The van der Waals surface area contributed by atoms with E-state index in [4.69, 9.17) is 0 Å². The average molecular weight is 170 g/mol. The van der Waals surface area contributed by atoms with Crippen LogP contribution in [0.5, 0.6) is 0 Å². The topological polar surface area (TPSA) is 24.1 Å². The maximum Gasteiger partial charge on any atom is 0.00673 e. The van der Waals surface area contributed by atoms with Gasteiger partial charge in [0.2, 0.25) is 0 Å². The summed E-state index contributed by atoms with van der Waals surface area (Å²) in [5.74, 6) is 0.889. The van der Waals surface area contributed by atoms with Crippen LogP contribution in [0, 0.1) is 5.92 Å². The van der Waals surface area contributed by atoms with Crippen LogP contribution in [0.25, 0.3) is 0 Å². The van der Waals surface area contributed by atoms with Crippen LogP contribution in [-0.4, -0.2) is 25.7 Å². The Morgan fingerprint density at radius 1 is 1.42 bits per heavy atom. The molecule has 2 heteroatoms. The lowest BCUT2D eigenvalue weighted by atomic mass is 9.93. The van der Waals surface area contributed by atoms with Gasteiger partial charge in [-0.1, -0.05) is 6.92 Å². The van der Waals surface area contributed by atoms with Crippen molar-refractivity contribution >= 4 is 0 Å². The fourth-order valence-electron chi connectivity index (χ4n) is 2.03. The summed E-state index contributed by atoms with van der Waals surface area (Å²) in [5, 5.41) is 6.96. The Bertz CT molecular complexity index is 106. The molecule has 1 aliphatic heterocycles. The molecule has 1 saturated heterocycles. The summed E-state index contributed by atoms with van der Waals surface area (Å²) in [6.45, 7) is 8.03. The van der Waals surface area contributed by atoms with Gasteiger partial charge in [0.1, 0.15) is 0 Å². The van der Waals surface area contributed by atoms with E-state index in [1.165, 1.54) is 32.4 Å². The van der Waals surface area contributed by atoms with Gasteiger partial charge in [0, 0.05) is 6.04 Å². The summed E-state index contributed by atoms with van der Waals surface area (Å²) in [7, 11) is 0. The summed E-state index contributed by atoms with van der Waals surface area (Å²) in [6.07, 6.45) is 4.08. The van der Waals surface area contributed by atoms with Gasteiger partial charge >= 0.3 is 0 Å². The largest absolute Gasteiger partial charge is 0.317 e. The SMILES string of the molecule is CCNC(C)C1CCCNCC1. The van der Waals surface area contributed by atoms with Crippen LogP contribution in [-0.2, 0) is 0 Å². The second-order valence-corrected chi connectivity index (χ2v) is 3.79. The van der Waals surface area contributed by atoms with Gasteiger partial charge in [-0.05, 0) is 51.7 Å². The Hall–Kier alpha value is -0.0800. The molecule has 2 unspecified atom stereocenters. The minimum atomic E-state index is 0.704. The molecule has 12 heavy (non-hydrogen) atoms. The number of hydrogen-bond donors (Lipinski definition) is 2. The van der Waals surface area contributed by atoms with Crippen LogP contribution < -0.4 is 10.6 Å². The molecule has 0 bridgehead atoms. The van der Waals surface area contributed by atoms with E-state index in [2.05, 4.69) is 24.5 Å². The van der Waals surface area contributed by atoms with Crippen molar-refractivity contribution < 1.29 is 0 Å². The molecule has 0 aromatic heterocycles. The van der Waals surface area contributed by atoms with E-state index in [1.807, 2.05) is 0 Å². The highest BCUT2D eigenvalue weighted by molar-refractivity contribution is 4.75. The lowest BCUT2D eigenvalue weighted by Crippen LogP contribution is -2.33. The molecule has 1 heterocycles. The zero-order valence-electron chi connectivity index (χ0n) is 8.40. The quantitative estimate of drug-likeness (QED) is 0.668. The van der Waals surface area contributed by atoms with Gasteiger partial charge in [-0.3, -0.25) is 0 Å². The van der Waals surface area contributed by atoms with Gasteiger partial charge in [0.05, 0.1) is 0 Å². The van der Waals surface area contributed by atoms with Gasteiger partial charge in [0.15, 0.2) is 0 Å². The van der Waals surface area contributed by atoms with Crippen LogP contribution >= 0.6 is 0 Å². The molecule has 0 aliphatic carbocycles. The van der Waals surface area contributed by atoms with Crippen LogP contribution in [0.3, 0.4) is 0 Å².